The summed E-state index contributed by atoms with van der Waals surface area (Å²) >= 11 is 1.42. The van der Waals surface area contributed by atoms with E-state index in [0.29, 0.717) is 12.2 Å². The van der Waals surface area contributed by atoms with E-state index in [4.69, 9.17) is 0 Å². The van der Waals surface area contributed by atoms with Crippen LogP contribution in [0.3, 0.4) is 0 Å². The molecule has 2 amide bonds. The van der Waals surface area contributed by atoms with Gasteiger partial charge in [-0.15, -0.1) is 11.3 Å². The highest BCUT2D eigenvalue weighted by Crippen LogP contribution is 2.47. The van der Waals surface area contributed by atoms with Crippen molar-refractivity contribution in [3.63, 3.8) is 0 Å². The predicted molar refractivity (Wildman–Crippen MR) is 104 cm³/mol. The summed E-state index contributed by atoms with van der Waals surface area (Å²) in [5, 5.41) is 5.02. The van der Waals surface area contributed by atoms with Gasteiger partial charge in [0.2, 0.25) is 5.91 Å². The highest BCUT2D eigenvalue weighted by atomic mass is 32.1. The molecule has 0 bridgehead atoms. The third-order valence-corrected chi connectivity index (χ3v) is 6.32. The summed E-state index contributed by atoms with van der Waals surface area (Å²) in [7, 11) is 2.07. The first kappa shape index (κ1) is 18.1. The van der Waals surface area contributed by atoms with Gasteiger partial charge < -0.3 is 15.1 Å². The summed E-state index contributed by atoms with van der Waals surface area (Å²) in [6.45, 7) is 3.75. The molecule has 6 nitrogen and oxygen atoms in total. The van der Waals surface area contributed by atoms with Crippen LogP contribution in [-0.2, 0) is 4.79 Å². The van der Waals surface area contributed by atoms with Crippen LogP contribution in [0.25, 0.3) is 0 Å². The molecule has 2 saturated heterocycles. The lowest BCUT2D eigenvalue weighted by molar-refractivity contribution is -0.122. The van der Waals surface area contributed by atoms with Crippen molar-refractivity contribution in [2.45, 2.75) is 24.9 Å². The molecule has 2 aromatic rings. The number of piperidine rings is 1. The Morgan fingerprint density at radius 2 is 2.04 bits per heavy atom. The minimum absolute atomic E-state index is 0.0509. The number of carbonyl (C=O) groups is 2. The number of likely N-dealkylation sites (N-methyl/N-ethyl adjacent to an activating group) is 1. The Kier molecular flexibility index (Phi) is 4.74. The summed E-state index contributed by atoms with van der Waals surface area (Å²) in [5.74, 6) is 0.0551. The Hall–Kier alpha value is -2.25. The lowest BCUT2D eigenvalue weighted by atomic mass is 9.76. The van der Waals surface area contributed by atoms with Crippen LogP contribution in [-0.4, -0.2) is 58.8 Å². The maximum absolute atomic E-state index is 13.3. The van der Waals surface area contributed by atoms with Crippen LogP contribution in [0.2, 0.25) is 0 Å². The number of likely N-dealkylation sites (tertiary alicyclic amines) is 2. The number of nitrogens with zero attached hydrogens (tertiary/aromatic N) is 3. The second-order valence-electron chi connectivity index (χ2n) is 7.63. The number of aromatic nitrogens is 1. The molecule has 2 aliphatic heterocycles. The average molecular weight is 385 g/mol. The topological polar surface area (TPSA) is 65.5 Å². The van der Waals surface area contributed by atoms with Crippen molar-refractivity contribution in [2.24, 2.45) is 5.92 Å². The molecule has 0 saturated carbocycles. The largest absolute Gasteiger partial charge is 0.347 e. The molecule has 0 radical (unpaired) electrons. The van der Waals surface area contributed by atoms with E-state index < -0.39 is 5.54 Å². The zero-order valence-electron chi connectivity index (χ0n) is 15.6. The smallest absolute Gasteiger partial charge is 0.273 e. The molecular formula is C20H24N4O2S. The summed E-state index contributed by atoms with van der Waals surface area (Å²) in [4.78, 5) is 33.7. The van der Waals surface area contributed by atoms with Crippen molar-refractivity contribution in [1.29, 1.82) is 0 Å². The Labute approximate surface area is 163 Å². The Bertz CT molecular complexity index is 826. The number of fused-ring (bicyclic) bond motifs is 1. The third kappa shape index (κ3) is 3.26. The van der Waals surface area contributed by atoms with E-state index in [1.807, 2.05) is 23.1 Å². The number of carbonyl (C=O) groups excluding carboxylic acids is 2. The number of benzene rings is 1. The van der Waals surface area contributed by atoms with Gasteiger partial charge in [0.1, 0.15) is 5.69 Å². The highest BCUT2D eigenvalue weighted by Gasteiger charge is 2.56. The molecule has 0 unspecified atom stereocenters. The van der Waals surface area contributed by atoms with E-state index in [9.17, 15) is 9.59 Å². The van der Waals surface area contributed by atoms with Crippen LogP contribution < -0.4 is 5.32 Å². The van der Waals surface area contributed by atoms with Crippen LogP contribution >= 0.6 is 11.3 Å². The molecular weight excluding hydrogens is 360 g/mol. The number of hydrogen-bond donors (Lipinski definition) is 1. The van der Waals surface area contributed by atoms with Crippen LogP contribution in [0.1, 0.15) is 35.4 Å². The Balaban J connectivity index is 1.79. The van der Waals surface area contributed by atoms with Crippen molar-refractivity contribution in [3.05, 3.63) is 52.5 Å². The van der Waals surface area contributed by atoms with Gasteiger partial charge in [0.15, 0.2) is 0 Å². The van der Waals surface area contributed by atoms with Crippen LogP contribution in [0, 0.1) is 5.92 Å². The summed E-state index contributed by atoms with van der Waals surface area (Å²) < 4.78 is 0. The molecule has 1 aromatic heterocycles. The monoisotopic (exact) mass is 384 g/mol. The minimum atomic E-state index is -0.439. The van der Waals surface area contributed by atoms with E-state index >= 15 is 0 Å². The minimum Gasteiger partial charge on any atom is -0.347 e. The van der Waals surface area contributed by atoms with Gasteiger partial charge in [0.05, 0.1) is 17.1 Å². The van der Waals surface area contributed by atoms with Crippen molar-refractivity contribution in [2.75, 3.05) is 26.7 Å². The number of amides is 2. The molecule has 2 aliphatic rings. The van der Waals surface area contributed by atoms with Gasteiger partial charge in [-0.1, -0.05) is 30.3 Å². The number of hydrogen-bond acceptors (Lipinski definition) is 5. The normalized spacial score (nSPS) is 28.0. The highest BCUT2D eigenvalue weighted by molar-refractivity contribution is 7.07. The van der Waals surface area contributed by atoms with Crippen molar-refractivity contribution < 1.29 is 9.59 Å². The standard InChI is InChI=1S/C20H24N4O2S/c1-14(25)22-20-11-23(2)9-8-16(20)18(15-6-4-3-5-7-15)24(12-20)19(26)17-10-27-13-21-17/h3-7,10,13,16,18H,8-9,11-12H2,1-2H3,(H,22,25)/t16-,18-,20-/m1/s1. The van der Waals surface area contributed by atoms with E-state index in [0.717, 1.165) is 25.1 Å². The predicted octanol–water partition coefficient (Wildman–Crippen LogP) is 2.17. The molecule has 3 atom stereocenters. The summed E-state index contributed by atoms with van der Waals surface area (Å²) in [6.07, 6.45) is 0.928. The first-order valence-electron chi connectivity index (χ1n) is 9.21. The fourth-order valence-corrected chi connectivity index (χ4v) is 5.33. The third-order valence-electron chi connectivity index (χ3n) is 5.73. The van der Waals surface area contributed by atoms with Crippen molar-refractivity contribution in [1.82, 2.24) is 20.1 Å². The molecule has 27 heavy (non-hydrogen) atoms. The van der Waals surface area contributed by atoms with Crippen LogP contribution in [0.15, 0.2) is 41.2 Å². The molecule has 3 heterocycles. The lowest BCUT2D eigenvalue weighted by Gasteiger charge is -2.44. The fourth-order valence-electron chi connectivity index (χ4n) is 4.81. The Morgan fingerprint density at radius 1 is 1.26 bits per heavy atom. The molecule has 1 N–H and O–H groups in total. The molecule has 0 aliphatic carbocycles. The number of thiazole rings is 1. The van der Waals surface area contributed by atoms with E-state index in [-0.39, 0.29) is 23.8 Å². The van der Waals surface area contributed by atoms with Gasteiger partial charge >= 0.3 is 0 Å². The lowest BCUT2D eigenvalue weighted by Crippen LogP contribution is -2.63. The average Bonchev–Trinajstić information content (AvgIpc) is 3.27. The van der Waals surface area contributed by atoms with E-state index in [2.05, 4.69) is 34.4 Å². The zero-order valence-corrected chi connectivity index (χ0v) is 16.4. The Morgan fingerprint density at radius 3 is 2.70 bits per heavy atom. The fraction of sp³-hybridized carbons (Fsp3) is 0.450. The van der Waals surface area contributed by atoms with E-state index in [1.165, 1.54) is 11.3 Å². The van der Waals surface area contributed by atoms with Crippen molar-refractivity contribution in [3.8, 4) is 0 Å². The van der Waals surface area contributed by atoms with Gasteiger partial charge in [0.25, 0.3) is 5.91 Å². The van der Waals surface area contributed by atoms with Crippen molar-refractivity contribution >= 4 is 23.2 Å². The summed E-state index contributed by atoms with van der Waals surface area (Å²) in [5.41, 5.74) is 2.84. The van der Waals surface area contributed by atoms with Gasteiger partial charge in [-0.3, -0.25) is 9.59 Å². The van der Waals surface area contributed by atoms with Gasteiger partial charge in [-0.05, 0) is 25.6 Å². The quantitative estimate of drug-likeness (QED) is 0.881. The molecule has 142 valence electrons. The maximum atomic E-state index is 13.3. The second kappa shape index (κ2) is 7.05. The summed E-state index contributed by atoms with van der Waals surface area (Å²) in [6, 6.07) is 10.1. The second-order valence-corrected chi connectivity index (χ2v) is 8.35. The molecule has 1 aromatic carbocycles. The first-order chi connectivity index (χ1) is 13.0. The van der Waals surface area contributed by atoms with Crippen LogP contribution in [0.4, 0.5) is 0 Å². The number of rotatable bonds is 3. The van der Waals surface area contributed by atoms with Gasteiger partial charge in [-0.25, -0.2) is 4.98 Å². The van der Waals surface area contributed by atoms with Gasteiger partial charge in [-0.2, -0.15) is 0 Å². The molecule has 0 spiro atoms. The number of nitrogens with one attached hydrogen (secondary N) is 1. The maximum Gasteiger partial charge on any atom is 0.273 e. The zero-order chi connectivity index (χ0) is 19.0. The van der Waals surface area contributed by atoms with Gasteiger partial charge in [0, 0.05) is 31.3 Å². The molecule has 2 fully saturated rings. The SMILES string of the molecule is CC(=O)N[C@@]12CN(C)CC[C@@H]1[C@@H](c1ccccc1)N(C(=O)c1cscn1)C2. The van der Waals surface area contributed by atoms with Crippen LogP contribution in [0.5, 0.6) is 0 Å². The molecule has 4 rings (SSSR count). The molecule has 7 heteroatoms. The van der Waals surface area contributed by atoms with E-state index in [1.54, 1.807) is 17.8 Å². The first-order valence-corrected chi connectivity index (χ1v) is 10.2.